The van der Waals surface area contributed by atoms with Crippen LogP contribution in [0.1, 0.15) is 23.7 Å². The first kappa shape index (κ1) is 13.3. The highest BCUT2D eigenvalue weighted by Crippen LogP contribution is 2.42. The molecule has 2 N–H and O–H groups in total. The van der Waals surface area contributed by atoms with Crippen molar-refractivity contribution in [3.63, 3.8) is 0 Å². The second-order valence-electron chi connectivity index (χ2n) is 6.47. The summed E-state index contributed by atoms with van der Waals surface area (Å²) < 4.78 is 1.36. The predicted octanol–water partition coefficient (Wildman–Crippen LogP) is 4.79. The molecule has 3 heteroatoms. The Hall–Kier alpha value is -2.10. The molecule has 0 aliphatic carbocycles. The summed E-state index contributed by atoms with van der Waals surface area (Å²) in [7, 11) is 0. The maximum absolute atomic E-state index is 3.78. The Morgan fingerprint density at radius 3 is 2.70 bits per heavy atom. The third-order valence-electron chi connectivity index (χ3n) is 5.19. The lowest BCUT2D eigenvalue weighted by atomic mass is 9.82. The van der Waals surface area contributed by atoms with Gasteiger partial charge in [0.05, 0.1) is 5.54 Å². The van der Waals surface area contributed by atoms with Gasteiger partial charge in [-0.3, -0.25) is 0 Å². The minimum absolute atomic E-state index is 0.161. The largest absolute Gasteiger partial charge is 0.356 e. The van der Waals surface area contributed by atoms with Crippen molar-refractivity contribution in [2.75, 3.05) is 6.54 Å². The second-order valence-corrected chi connectivity index (χ2v) is 7.38. The van der Waals surface area contributed by atoms with Gasteiger partial charge >= 0.3 is 0 Å². The lowest BCUT2D eigenvalue weighted by Gasteiger charge is -2.35. The summed E-state index contributed by atoms with van der Waals surface area (Å²) in [6.45, 7) is 3.32. The fraction of sp³-hybridized carbons (Fsp3) is 0.200. The van der Waals surface area contributed by atoms with Crippen molar-refractivity contribution in [2.45, 2.75) is 18.9 Å². The molecule has 5 rings (SSSR count). The van der Waals surface area contributed by atoms with Crippen LogP contribution in [0.25, 0.3) is 21.0 Å². The molecule has 0 saturated carbocycles. The van der Waals surface area contributed by atoms with Gasteiger partial charge in [0.15, 0.2) is 0 Å². The van der Waals surface area contributed by atoms with Crippen molar-refractivity contribution in [3.8, 4) is 0 Å². The second kappa shape index (κ2) is 4.70. The van der Waals surface area contributed by atoms with Crippen molar-refractivity contribution >= 4 is 32.3 Å². The fourth-order valence-electron chi connectivity index (χ4n) is 4.01. The average molecular weight is 318 g/mol. The van der Waals surface area contributed by atoms with Crippen LogP contribution in [0.2, 0.25) is 0 Å². The van der Waals surface area contributed by atoms with E-state index in [9.17, 15) is 0 Å². The number of rotatable bonds is 1. The number of thiophene rings is 1. The summed E-state index contributed by atoms with van der Waals surface area (Å²) in [5.74, 6) is 0. The Labute approximate surface area is 139 Å². The molecule has 1 aliphatic heterocycles. The van der Waals surface area contributed by atoms with Crippen molar-refractivity contribution in [1.82, 2.24) is 10.3 Å². The van der Waals surface area contributed by atoms with Crippen LogP contribution in [0.3, 0.4) is 0 Å². The predicted molar refractivity (Wildman–Crippen MR) is 98.3 cm³/mol. The van der Waals surface area contributed by atoms with Crippen LogP contribution in [-0.2, 0) is 12.0 Å². The van der Waals surface area contributed by atoms with E-state index in [0.29, 0.717) is 0 Å². The third-order valence-corrected chi connectivity index (χ3v) is 6.15. The van der Waals surface area contributed by atoms with E-state index < -0.39 is 0 Å². The zero-order valence-corrected chi connectivity index (χ0v) is 13.8. The van der Waals surface area contributed by atoms with E-state index in [-0.39, 0.29) is 5.54 Å². The summed E-state index contributed by atoms with van der Waals surface area (Å²) >= 11 is 1.83. The molecule has 3 heterocycles. The number of benzene rings is 2. The molecule has 0 amide bonds. The SMILES string of the molecule is CC1(c2csc3ccccc23)NCCc2c1[nH]c1ccccc21. The number of aromatic amines is 1. The number of hydrogen-bond acceptors (Lipinski definition) is 2. The van der Waals surface area contributed by atoms with Gasteiger partial charge < -0.3 is 10.3 Å². The highest BCUT2D eigenvalue weighted by atomic mass is 32.1. The van der Waals surface area contributed by atoms with Gasteiger partial charge in [-0.05, 0) is 47.4 Å². The lowest BCUT2D eigenvalue weighted by Crippen LogP contribution is -2.45. The Bertz CT molecular complexity index is 1030. The van der Waals surface area contributed by atoms with Crippen LogP contribution in [0.15, 0.2) is 53.9 Å². The molecule has 1 atom stereocenters. The standard InChI is InChI=1S/C20H18N2S/c1-20(16-12-23-18-9-5-3-7-15(16)18)19-14(10-11-21-20)13-6-2-4-8-17(13)22-19/h2-9,12,21-22H,10-11H2,1H3. The molecule has 1 unspecified atom stereocenters. The fourth-order valence-corrected chi connectivity index (χ4v) is 5.08. The van der Waals surface area contributed by atoms with E-state index in [2.05, 4.69) is 71.1 Å². The first-order valence-electron chi connectivity index (χ1n) is 8.09. The van der Waals surface area contributed by atoms with Crippen LogP contribution in [0.5, 0.6) is 0 Å². The van der Waals surface area contributed by atoms with Crippen LogP contribution < -0.4 is 5.32 Å². The van der Waals surface area contributed by atoms with Gasteiger partial charge in [0.25, 0.3) is 0 Å². The normalized spacial score (nSPS) is 20.9. The molecular weight excluding hydrogens is 300 g/mol. The van der Waals surface area contributed by atoms with E-state index in [1.807, 2.05) is 11.3 Å². The van der Waals surface area contributed by atoms with Gasteiger partial charge in [-0.1, -0.05) is 36.4 Å². The van der Waals surface area contributed by atoms with E-state index >= 15 is 0 Å². The maximum atomic E-state index is 3.78. The van der Waals surface area contributed by atoms with Crippen molar-refractivity contribution in [2.24, 2.45) is 0 Å². The third kappa shape index (κ3) is 1.78. The molecule has 0 spiro atoms. The van der Waals surface area contributed by atoms with Crippen molar-refractivity contribution < 1.29 is 0 Å². The number of para-hydroxylation sites is 1. The zero-order chi connectivity index (χ0) is 15.4. The van der Waals surface area contributed by atoms with Gasteiger partial charge in [0.2, 0.25) is 0 Å². The van der Waals surface area contributed by atoms with E-state index in [0.717, 1.165) is 13.0 Å². The van der Waals surface area contributed by atoms with Crippen LogP contribution in [0.4, 0.5) is 0 Å². The molecule has 1 aliphatic rings. The molecule has 0 fully saturated rings. The van der Waals surface area contributed by atoms with Gasteiger partial charge in [0.1, 0.15) is 0 Å². The van der Waals surface area contributed by atoms with E-state index in [4.69, 9.17) is 0 Å². The molecule has 4 aromatic rings. The van der Waals surface area contributed by atoms with Crippen molar-refractivity contribution in [1.29, 1.82) is 0 Å². The van der Waals surface area contributed by atoms with Crippen LogP contribution >= 0.6 is 11.3 Å². The van der Waals surface area contributed by atoms with Gasteiger partial charge in [-0.15, -0.1) is 11.3 Å². The van der Waals surface area contributed by atoms with E-state index in [1.165, 1.54) is 37.8 Å². The molecule has 0 radical (unpaired) electrons. The molecule has 0 saturated heterocycles. The monoisotopic (exact) mass is 318 g/mol. The molecule has 114 valence electrons. The molecule has 2 aromatic carbocycles. The lowest BCUT2D eigenvalue weighted by molar-refractivity contribution is 0.411. The summed E-state index contributed by atoms with van der Waals surface area (Å²) in [4.78, 5) is 3.70. The Balaban J connectivity index is 1.81. The summed E-state index contributed by atoms with van der Waals surface area (Å²) in [5.41, 5.74) is 5.26. The van der Waals surface area contributed by atoms with Crippen LogP contribution in [-0.4, -0.2) is 11.5 Å². The molecule has 2 nitrogen and oxygen atoms in total. The number of aromatic nitrogens is 1. The Kier molecular flexibility index (Phi) is 2.73. The highest BCUT2D eigenvalue weighted by Gasteiger charge is 2.37. The number of nitrogens with one attached hydrogen (secondary N) is 2. The van der Waals surface area contributed by atoms with Gasteiger partial charge in [-0.2, -0.15) is 0 Å². The van der Waals surface area contributed by atoms with Crippen molar-refractivity contribution in [3.05, 3.63) is 70.7 Å². The molecule has 0 bridgehead atoms. The highest BCUT2D eigenvalue weighted by molar-refractivity contribution is 7.17. The van der Waals surface area contributed by atoms with E-state index in [1.54, 1.807) is 0 Å². The summed E-state index contributed by atoms with van der Waals surface area (Å²) in [6.07, 6.45) is 1.08. The van der Waals surface area contributed by atoms with Crippen LogP contribution in [0, 0.1) is 0 Å². The molecule has 23 heavy (non-hydrogen) atoms. The maximum Gasteiger partial charge on any atom is 0.0830 e. The molecule has 2 aromatic heterocycles. The Morgan fingerprint density at radius 2 is 1.78 bits per heavy atom. The zero-order valence-electron chi connectivity index (χ0n) is 13.0. The molecular formula is C20H18N2S. The number of H-pyrrole nitrogens is 1. The summed E-state index contributed by atoms with van der Waals surface area (Å²) in [6, 6.07) is 17.4. The topological polar surface area (TPSA) is 27.8 Å². The number of fused-ring (bicyclic) bond motifs is 4. The quantitative estimate of drug-likeness (QED) is 0.519. The average Bonchev–Trinajstić information content (AvgIpc) is 3.18. The summed E-state index contributed by atoms with van der Waals surface area (Å²) in [5, 5.41) is 8.83. The van der Waals surface area contributed by atoms with Gasteiger partial charge in [0, 0.05) is 27.8 Å². The number of hydrogen-bond donors (Lipinski definition) is 2. The first-order chi connectivity index (χ1) is 11.3. The Morgan fingerprint density at radius 1 is 1.00 bits per heavy atom. The smallest absolute Gasteiger partial charge is 0.0830 e. The first-order valence-corrected chi connectivity index (χ1v) is 8.97. The minimum atomic E-state index is -0.161. The minimum Gasteiger partial charge on any atom is -0.356 e. The van der Waals surface area contributed by atoms with Gasteiger partial charge in [-0.25, -0.2) is 0 Å².